The first-order valence-electron chi connectivity index (χ1n) is 8.39. The van der Waals surface area contributed by atoms with Gasteiger partial charge in [-0.1, -0.05) is 17.7 Å². The molecule has 1 aromatic carbocycles. The molecule has 8 heteroatoms. The lowest BCUT2D eigenvalue weighted by Crippen LogP contribution is -2.30. The molecule has 0 saturated heterocycles. The molecule has 0 unspecified atom stereocenters. The van der Waals surface area contributed by atoms with E-state index in [9.17, 15) is 13.2 Å². The van der Waals surface area contributed by atoms with Crippen molar-refractivity contribution in [2.24, 2.45) is 5.92 Å². The summed E-state index contributed by atoms with van der Waals surface area (Å²) in [4.78, 5) is 14.8. The summed E-state index contributed by atoms with van der Waals surface area (Å²) in [5.74, 6) is 0.366. The molecule has 3 rings (SSSR count). The van der Waals surface area contributed by atoms with Crippen molar-refractivity contribution in [2.45, 2.75) is 31.1 Å². The summed E-state index contributed by atoms with van der Waals surface area (Å²) in [5.41, 5.74) is 1.08. The maximum Gasteiger partial charge on any atom is 0.262 e. The SMILES string of the molecule is Cc1c(Cl)cccc1S(=O)(=O)Nc1ccsc1CCN(C)C(=O)C1CC1. The molecule has 1 aromatic heterocycles. The van der Waals surface area contributed by atoms with Gasteiger partial charge in [0.05, 0.1) is 10.6 Å². The predicted octanol–water partition coefficient (Wildman–Crippen LogP) is 3.92. The zero-order valence-electron chi connectivity index (χ0n) is 14.7. The molecule has 26 heavy (non-hydrogen) atoms. The van der Waals surface area contributed by atoms with Gasteiger partial charge in [0.15, 0.2) is 0 Å². The van der Waals surface area contributed by atoms with Crippen LogP contribution in [0.1, 0.15) is 23.3 Å². The highest BCUT2D eigenvalue weighted by atomic mass is 35.5. The first-order chi connectivity index (χ1) is 12.3. The third kappa shape index (κ3) is 4.22. The molecule has 5 nitrogen and oxygen atoms in total. The average Bonchev–Trinajstić information content (AvgIpc) is 3.35. The van der Waals surface area contributed by atoms with Gasteiger partial charge in [-0.05, 0) is 48.9 Å². The molecule has 1 heterocycles. The van der Waals surface area contributed by atoms with Gasteiger partial charge < -0.3 is 4.90 Å². The van der Waals surface area contributed by atoms with Gasteiger partial charge in [-0.15, -0.1) is 11.3 Å². The van der Waals surface area contributed by atoms with E-state index in [0.29, 0.717) is 29.2 Å². The lowest BCUT2D eigenvalue weighted by molar-refractivity contribution is -0.131. The minimum Gasteiger partial charge on any atom is -0.345 e. The van der Waals surface area contributed by atoms with Crippen molar-refractivity contribution >= 4 is 44.6 Å². The topological polar surface area (TPSA) is 66.5 Å². The van der Waals surface area contributed by atoms with E-state index in [-0.39, 0.29) is 16.7 Å². The van der Waals surface area contributed by atoms with Crippen LogP contribution in [-0.2, 0) is 21.2 Å². The molecular weight excluding hydrogens is 392 g/mol. The number of carbonyl (C=O) groups excluding carboxylic acids is 1. The molecule has 1 amide bonds. The van der Waals surface area contributed by atoms with E-state index in [0.717, 1.165) is 17.7 Å². The number of hydrogen-bond acceptors (Lipinski definition) is 4. The van der Waals surface area contributed by atoms with Crippen molar-refractivity contribution in [3.05, 3.63) is 45.1 Å². The van der Waals surface area contributed by atoms with Crippen molar-refractivity contribution in [3.8, 4) is 0 Å². The van der Waals surface area contributed by atoms with E-state index in [2.05, 4.69) is 4.72 Å². The van der Waals surface area contributed by atoms with Crippen molar-refractivity contribution in [3.63, 3.8) is 0 Å². The smallest absolute Gasteiger partial charge is 0.262 e. The highest BCUT2D eigenvalue weighted by Crippen LogP contribution is 2.31. The maximum absolute atomic E-state index is 12.7. The Labute approximate surface area is 163 Å². The van der Waals surface area contributed by atoms with E-state index < -0.39 is 10.0 Å². The van der Waals surface area contributed by atoms with Gasteiger partial charge in [0.2, 0.25) is 5.91 Å². The molecule has 1 aliphatic carbocycles. The predicted molar refractivity (Wildman–Crippen MR) is 105 cm³/mol. The Balaban J connectivity index is 1.72. The number of halogens is 1. The lowest BCUT2D eigenvalue weighted by atomic mass is 10.2. The van der Waals surface area contributed by atoms with Gasteiger partial charge >= 0.3 is 0 Å². The number of hydrogen-bond donors (Lipinski definition) is 1. The van der Waals surface area contributed by atoms with Gasteiger partial charge in [-0.25, -0.2) is 8.42 Å². The van der Waals surface area contributed by atoms with E-state index in [1.807, 2.05) is 5.38 Å². The van der Waals surface area contributed by atoms with Gasteiger partial charge in [0, 0.05) is 35.8 Å². The maximum atomic E-state index is 12.7. The Hall–Kier alpha value is -1.57. The van der Waals surface area contributed by atoms with Gasteiger partial charge in [0.1, 0.15) is 0 Å². The molecule has 0 atom stereocenters. The first-order valence-corrected chi connectivity index (χ1v) is 11.1. The van der Waals surface area contributed by atoms with Gasteiger partial charge in [-0.3, -0.25) is 9.52 Å². The van der Waals surface area contributed by atoms with E-state index >= 15 is 0 Å². The minimum absolute atomic E-state index is 0.170. The summed E-state index contributed by atoms with van der Waals surface area (Å²) >= 11 is 7.53. The van der Waals surface area contributed by atoms with Crippen LogP contribution in [0.3, 0.4) is 0 Å². The van der Waals surface area contributed by atoms with E-state index in [1.165, 1.54) is 17.4 Å². The zero-order valence-corrected chi connectivity index (χ0v) is 17.0. The summed E-state index contributed by atoms with van der Waals surface area (Å²) in [6.07, 6.45) is 2.57. The number of carbonyl (C=O) groups is 1. The second kappa shape index (κ2) is 7.58. The second-order valence-electron chi connectivity index (χ2n) is 6.51. The van der Waals surface area contributed by atoms with Gasteiger partial charge in [-0.2, -0.15) is 0 Å². The van der Waals surface area contributed by atoms with Crippen molar-refractivity contribution in [1.29, 1.82) is 0 Å². The fraction of sp³-hybridized carbons (Fsp3) is 0.389. The highest BCUT2D eigenvalue weighted by Gasteiger charge is 2.31. The van der Waals surface area contributed by atoms with Crippen molar-refractivity contribution < 1.29 is 13.2 Å². The Bertz CT molecular complexity index is 920. The highest BCUT2D eigenvalue weighted by molar-refractivity contribution is 7.92. The summed E-state index contributed by atoms with van der Waals surface area (Å²) < 4.78 is 28.1. The largest absolute Gasteiger partial charge is 0.345 e. The van der Waals surface area contributed by atoms with Crippen LogP contribution in [0, 0.1) is 12.8 Å². The monoisotopic (exact) mass is 412 g/mol. The van der Waals surface area contributed by atoms with Crippen LogP contribution in [0.25, 0.3) is 0 Å². The number of anilines is 1. The number of benzene rings is 1. The lowest BCUT2D eigenvalue weighted by Gasteiger charge is -2.17. The molecule has 0 bridgehead atoms. The Morgan fingerprint density at radius 1 is 1.35 bits per heavy atom. The zero-order chi connectivity index (χ0) is 18.9. The number of thiophene rings is 1. The van der Waals surface area contributed by atoms with Crippen molar-refractivity contribution in [2.75, 3.05) is 18.3 Å². The number of sulfonamides is 1. The summed E-state index contributed by atoms with van der Waals surface area (Å²) in [6.45, 7) is 2.25. The molecule has 140 valence electrons. The van der Waals surface area contributed by atoms with E-state index in [1.54, 1.807) is 37.1 Å². The van der Waals surface area contributed by atoms with Crippen molar-refractivity contribution in [1.82, 2.24) is 4.90 Å². The molecule has 1 saturated carbocycles. The average molecular weight is 413 g/mol. The molecule has 1 fully saturated rings. The molecular formula is C18H21ClN2O3S2. The number of nitrogens with one attached hydrogen (secondary N) is 1. The molecule has 1 aliphatic rings. The van der Waals surface area contributed by atoms with Crippen LogP contribution < -0.4 is 4.72 Å². The molecule has 1 N–H and O–H groups in total. The van der Waals surface area contributed by atoms with E-state index in [4.69, 9.17) is 11.6 Å². The fourth-order valence-corrected chi connectivity index (χ4v) is 5.21. The van der Waals surface area contributed by atoms with Gasteiger partial charge in [0.25, 0.3) is 10.0 Å². The third-order valence-corrected chi connectivity index (χ3v) is 7.37. The number of rotatable bonds is 7. The Morgan fingerprint density at radius 2 is 2.08 bits per heavy atom. The third-order valence-electron chi connectivity index (χ3n) is 4.47. The van der Waals surface area contributed by atoms with Crippen LogP contribution in [0.4, 0.5) is 5.69 Å². The number of nitrogens with zero attached hydrogens (tertiary/aromatic N) is 1. The quantitative estimate of drug-likeness (QED) is 0.749. The Kier molecular flexibility index (Phi) is 5.60. The van der Waals surface area contributed by atoms with Crippen LogP contribution >= 0.6 is 22.9 Å². The number of likely N-dealkylation sites (N-methyl/N-ethyl adjacent to an activating group) is 1. The minimum atomic E-state index is -3.73. The fourth-order valence-electron chi connectivity index (χ4n) is 2.73. The molecule has 0 radical (unpaired) electrons. The first kappa shape index (κ1) is 19.2. The molecule has 2 aromatic rings. The summed E-state index contributed by atoms with van der Waals surface area (Å²) in [6, 6.07) is 6.58. The van der Waals surface area contributed by atoms with Crippen LogP contribution in [-0.4, -0.2) is 32.8 Å². The number of amides is 1. The molecule has 0 spiro atoms. The normalized spacial score (nSPS) is 14.3. The Morgan fingerprint density at radius 3 is 2.77 bits per heavy atom. The van der Waals surface area contributed by atoms with Crippen LogP contribution in [0.15, 0.2) is 34.5 Å². The standard InChI is InChI=1S/C18H21ClN2O3S2/c1-12-14(19)4-3-5-17(12)26(23,24)20-15-9-11-25-16(15)8-10-21(2)18(22)13-6-7-13/h3-5,9,11,13,20H,6-8,10H2,1-2H3. The van der Waals surface area contributed by atoms with Crippen LogP contribution in [0.5, 0.6) is 0 Å². The summed E-state index contributed by atoms with van der Waals surface area (Å²) in [7, 11) is -1.93. The second-order valence-corrected chi connectivity index (χ2v) is 9.57. The summed E-state index contributed by atoms with van der Waals surface area (Å²) in [5, 5.41) is 2.26. The van der Waals surface area contributed by atoms with Crippen LogP contribution in [0.2, 0.25) is 5.02 Å². The molecule has 0 aliphatic heterocycles.